The molecule has 12 heteroatoms. The number of aromatic nitrogens is 6. The Balaban J connectivity index is 0.000000162. The van der Waals surface area contributed by atoms with Crippen LogP contribution in [0.1, 0.15) is 75.8 Å². The fourth-order valence-electron chi connectivity index (χ4n) is 13.3. The van der Waals surface area contributed by atoms with Crippen LogP contribution in [0.15, 0.2) is 352 Å². The van der Waals surface area contributed by atoms with Crippen molar-refractivity contribution in [3.63, 3.8) is 0 Å². The maximum atomic E-state index is 15.1. The van der Waals surface area contributed by atoms with Gasteiger partial charge in [-0.2, -0.15) is 0 Å². The van der Waals surface area contributed by atoms with E-state index in [1.54, 1.807) is 24.3 Å². The van der Waals surface area contributed by atoms with E-state index in [-0.39, 0.29) is 78.5 Å². The molecule has 6 heterocycles. The molecule has 0 saturated carbocycles. The van der Waals surface area contributed by atoms with Crippen LogP contribution in [0.4, 0.5) is 13.2 Å². The molecule has 0 atom stereocenters. The molecular formula is C96H67F3N6Pd2Pt. The van der Waals surface area contributed by atoms with E-state index >= 15 is 4.39 Å². The summed E-state index contributed by atoms with van der Waals surface area (Å²) >= 11 is 0. The molecule has 0 saturated heterocycles. The second kappa shape index (κ2) is 36.0. The topological polar surface area (TPSA) is 77.3 Å². The van der Waals surface area contributed by atoms with Crippen LogP contribution in [0.2, 0.25) is 0 Å². The van der Waals surface area contributed by atoms with Gasteiger partial charge in [0.2, 0.25) is 0 Å². The van der Waals surface area contributed by atoms with Gasteiger partial charge in [-0.25, -0.2) is 0 Å². The Labute approximate surface area is 671 Å². The zero-order chi connectivity index (χ0) is 72.0. The number of rotatable bonds is 16. The van der Waals surface area contributed by atoms with Gasteiger partial charge in [0.25, 0.3) is 0 Å². The summed E-state index contributed by atoms with van der Waals surface area (Å²) in [7, 11) is 0. The first kappa shape index (κ1) is 78.0. The predicted octanol–water partition coefficient (Wildman–Crippen LogP) is 22.0. The van der Waals surface area contributed by atoms with Crippen molar-refractivity contribution >= 4 is 0 Å². The molecule has 0 spiro atoms. The first-order chi connectivity index (χ1) is 51.5. The summed E-state index contributed by atoms with van der Waals surface area (Å²) in [6, 6.07) is 132. The Morgan fingerprint density at radius 2 is 0.528 bits per heavy atom. The fraction of sp³-hybridized carbons (Fsp3) is 0.0625. The van der Waals surface area contributed by atoms with Crippen molar-refractivity contribution in [1.29, 1.82) is 0 Å². The molecule has 0 aliphatic carbocycles. The Hall–Kier alpha value is -11.1. The number of hydrogen-bond donors (Lipinski definition) is 0. The first-order valence-electron chi connectivity index (χ1n) is 34.5. The molecule has 108 heavy (non-hydrogen) atoms. The minimum atomic E-state index is -1.08. The molecule has 0 N–H and O–H groups in total. The monoisotopic (exact) mass is 1770 g/mol. The molecular weight excluding hydrogens is 1700 g/mol. The number of aryl methyl sites for hydroxylation is 1. The molecule has 6 nitrogen and oxygen atoms in total. The molecule has 6 aromatic heterocycles. The maximum absolute atomic E-state index is 15.1. The van der Waals surface area contributed by atoms with E-state index < -0.39 is 28.3 Å². The van der Waals surface area contributed by atoms with Crippen LogP contribution in [0, 0.1) is 60.8 Å². The molecule has 0 unspecified atom stereocenters. The van der Waals surface area contributed by atoms with E-state index in [4.69, 9.17) is 29.9 Å². The third-order valence-corrected chi connectivity index (χ3v) is 18.5. The number of hydrogen-bond acceptors (Lipinski definition) is 6. The van der Waals surface area contributed by atoms with Crippen molar-refractivity contribution in [3.8, 4) is 67.5 Å². The summed E-state index contributed by atoms with van der Waals surface area (Å²) in [5.74, 6) is -1.89. The predicted molar refractivity (Wildman–Crippen MR) is 412 cm³/mol. The zero-order valence-corrected chi connectivity index (χ0v) is 64.1. The Kier molecular flexibility index (Phi) is 26.0. The molecule has 16 aromatic rings. The maximum Gasteiger partial charge on any atom is 2.00 e. The molecule has 532 valence electrons. The molecule has 10 aromatic carbocycles. The van der Waals surface area contributed by atoms with E-state index in [0.29, 0.717) is 22.8 Å². The van der Waals surface area contributed by atoms with Gasteiger partial charge in [-0.3, -0.25) is 33.1 Å². The Morgan fingerprint density at radius 1 is 0.269 bits per heavy atom. The SMILES string of the molecule is CC(C)(c1cccc(-c2[c-]cccc2)n1)c1cccc(-c2[c-]cccc2)n1.Cc1c[c-]c(-c2cccc(C(c3ccccc3)(c3ccccc3)c3cccc(-c4[c-]cc(F)cc4F)n3)n2)c(F)c1.[Pd+2].[Pd+2].[Pt+2].[c-]1ccccc1-c1cccc(C(c2ccccc2)(c2ccccc2)c2cccc(-c3[c-]cccc3)n2)n1. The number of benzene rings is 10. The molecule has 0 radical (unpaired) electrons. The Bertz CT molecular complexity index is 5240. The second-order valence-corrected chi connectivity index (χ2v) is 25.6. The van der Waals surface area contributed by atoms with Crippen LogP contribution < -0.4 is 0 Å². The van der Waals surface area contributed by atoms with Gasteiger partial charge in [0.05, 0.1) is 22.8 Å². The van der Waals surface area contributed by atoms with Gasteiger partial charge in [-0.05, 0) is 107 Å². The zero-order valence-electron chi connectivity index (χ0n) is 58.8. The van der Waals surface area contributed by atoms with Gasteiger partial charge < -0.3 is 9.97 Å². The van der Waals surface area contributed by atoms with Gasteiger partial charge in [-0.15, -0.1) is 179 Å². The number of pyridine rings is 6. The van der Waals surface area contributed by atoms with Crippen molar-refractivity contribution < 1.29 is 75.1 Å². The molecule has 0 amide bonds. The summed E-state index contributed by atoms with van der Waals surface area (Å²) in [5, 5.41) is 0. The van der Waals surface area contributed by atoms with E-state index in [9.17, 15) is 8.78 Å². The minimum absolute atomic E-state index is 0. The third-order valence-electron chi connectivity index (χ3n) is 18.5. The number of halogens is 3. The van der Waals surface area contributed by atoms with E-state index in [0.717, 1.165) is 108 Å². The average Bonchev–Trinajstić information content (AvgIpc) is 0.735. The van der Waals surface area contributed by atoms with E-state index in [1.165, 1.54) is 6.07 Å². The molecule has 0 bridgehead atoms. The summed E-state index contributed by atoms with van der Waals surface area (Å²) in [4.78, 5) is 30.3. The van der Waals surface area contributed by atoms with Crippen LogP contribution in [-0.2, 0) is 78.2 Å². The largest absolute Gasteiger partial charge is 2.00 e. The van der Waals surface area contributed by atoms with Gasteiger partial charge >= 0.3 is 61.9 Å². The summed E-state index contributed by atoms with van der Waals surface area (Å²) in [6.07, 6.45) is 0. The standard InChI is InChI=1S/C36H23F3N2.C35H24N2.C25H20N2.2Pd.Pt/c1-24-18-20-28(30(38)22-24)32-14-8-16-34(40-32)36(25-10-4-2-5-11-25,26-12-6-3-7-13-26)35-17-9-15-33(41-35)29-21-19-27(37)23-31(29)39;1-5-15-27(16-6-1)31-23-13-25-33(36-31)35(29-19-9-3-10-20-29,30-21-11-4-12-22-30)34-26-14-24-32(37-34)28-17-7-2-8-18-28;1-25(2,23-17-9-15-21(26-23)19-11-5-3-6-12-19)24-18-10-16-22(27-24)20-13-7-4-8-14-20;;;/h2-19,22-23H,1H3;1-15,17,19-26H;3-11,13,15-18H,1-2H3;;;/q3*-2;3*+2. The van der Waals surface area contributed by atoms with E-state index in [1.807, 2.05) is 219 Å². The molecule has 0 aliphatic heterocycles. The van der Waals surface area contributed by atoms with Crippen molar-refractivity contribution in [3.05, 3.63) is 468 Å². The fourth-order valence-corrected chi connectivity index (χ4v) is 13.3. The number of nitrogens with zero attached hydrogens (tertiary/aromatic N) is 6. The van der Waals surface area contributed by atoms with Crippen molar-refractivity contribution in [2.24, 2.45) is 0 Å². The summed E-state index contributed by atoms with van der Waals surface area (Å²) in [5.41, 5.74) is 16.0. The molecule has 16 rings (SSSR count). The van der Waals surface area contributed by atoms with Gasteiger partial charge in [0.15, 0.2) is 0 Å². The van der Waals surface area contributed by atoms with Crippen LogP contribution in [0.3, 0.4) is 0 Å². The van der Waals surface area contributed by atoms with Gasteiger partial charge in [-0.1, -0.05) is 218 Å². The second-order valence-electron chi connectivity index (χ2n) is 25.6. The van der Waals surface area contributed by atoms with Gasteiger partial charge in [0, 0.05) is 34.3 Å². The normalized spacial score (nSPS) is 11.0. The van der Waals surface area contributed by atoms with Crippen molar-refractivity contribution in [1.82, 2.24) is 29.9 Å². The first-order valence-corrected chi connectivity index (χ1v) is 34.5. The van der Waals surface area contributed by atoms with Crippen LogP contribution in [-0.4, -0.2) is 29.9 Å². The van der Waals surface area contributed by atoms with Crippen molar-refractivity contribution in [2.45, 2.75) is 37.0 Å². The average molecular weight is 1770 g/mol. The van der Waals surface area contributed by atoms with Crippen LogP contribution in [0.5, 0.6) is 0 Å². The molecule has 0 fully saturated rings. The van der Waals surface area contributed by atoms with E-state index in [2.05, 4.69) is 147 Å². The third kappa shape index (κ3) is 16.8. The Morgan fingerprint density at radius 3 is 0.815 bits per heavy atom. The van der Waals surface area contributed by atoms with Gasteiger partial charge in [0.1, 0.15) is 10.8 Å². The van der Waals surface area contributed by atoms with Crippen LogP contribution in [0.25, 0.3) is 67.5 Å². The van der Waals surface area contributed by atoms with Crippen LogP contribution >= 0.6 is 0 Å². The molecule has 0 aliphatic rings. The quantitative estimate of drug-likeness (QED) is 0.0709. The summed E-state index contributed by atoms with van der Waals surface area (Å²) < 4.78 is 43.7. The minimum Gasteiger partial charge on any atom is -0.300 e. The smallest absolute Gasteiger partial charge is 0.300 e. The summed E-state index contributed by atoms with van der Waals surface area (Å²) in [6.45, 7) is 6.13. The van der Waals surface area contributed by atoms with Crippen molar-refractivity contribution in [2.75, 3.05) is 0 Å².